The molecule has 1 spiro atoms. The molecule has 0 aliphatic carbocycles. The Morgan fingerprint density at radius 3 is 2.57 bits per heavy atom. The molecule has 2 aromatic rings. The molecule has 1 fully saturated rings. The molecule has 30 heavy (non-hydrogen) atoms. The Labute approximate surface area is 175 Å². The molecule has 0 bridgehead atoms. The molecule has 0 aromatic heterocycles. The van der Waals surface area contributed by atoms with E-state index in [9.17, 15) is 9.59 Å². The second kappa shape index (κ2) is 7.04. The third-order valence-electron chi connectivity index (χ3n) is 6.30. The summed E-state index contributed by atoms with van der Waals surface area (Å²) in [6.07, 6.45) is 0.971. The predicted molar refractivity (Wildman–Crippen MR) is 110 cm³/mol. The van der Waals surface area contributed by atoms with E-state index in [4.69, 9.17) is 14.2 Å². The lowest BCUT2D eigenvalue weighted by Gasteiger charge is -2.44. The van der Waals surface area contributed by atoms with Crippen LogP contribution in [0, 0.1) is 13.8 Å². The standard InChI is InChI=1S/C24H25NO5/c1-15-11-16(2)22-17(26)13-24(30-20(22)12-15)7-9-25(10-8-24)23(27)21-14-28-18-5-3-4-6-19(18)29-21/h3-6,11-12,21H,7-10,13-14H2,1-2H3. The highest BCUT2D eigenvalue weighted by atomic mass is 16.6. The van der Waals surface area contributed by atoms with Crippen molar-refractivity contribution in [1.82, 2.24) is 4.90 Å². The Morgan fingerprint density at radius 1 is 1.07 bits per heavy atom. The van der Waals surface area contributed by atoms with Gasteiger partial charge in [-0.05, 0) is 43.2 Å². The molecule has 5 rings (SSSR count). The second-order valence-corrected chi connectivity index (χ2v) is 8.53. The van der Waals surface area contributed by atoms with Gasteiger partial charge in [0.1, 0.15) is 18.0 Å². The van der Waals surface area contributed by atoms with Gasteiger partial charge in [-0.3, -0.25) is 9.59 Å². The summed E-state index contributed by atoms with van der Waals surface area (Å²) in [5.41, 5.74) is 2.22. The molecule has 3 aliphatic rings. The number of hydrogen-bond donors (Lipinski definition) is 0. The normalized spacial score (nSPS) is 21.7. The van der Waals surface area contributed by atoms with Crippen LogP contribution in [0.15, 0.2) is 36.4 Å². The van der Waals surface area contributed by atoms with Gasteiger partial charge in [0, 0.05) is 25.9 Å². The van der Waals surface area contributed by atoms with Gasteiger partial charge >= 0.3 is 0 Å². The van der Waals surface area contributed by atoms with E-state index in [0.717, 1.165) is 11.1 Å². The zero-order valence-corrected chi connectivity index (χ0v) is 17.3. The summed E-state index contributed by atoms with van der Waals surface area (Å²) in [4.78, 5) is 27.7. The SMILES string of the molecule is Cc1cc(C)c2c(c1)OC1(CCN(C(=O)C3COc4ccccc4O3)CC1)CC2=O. The summed E-state index contributed by atoms with van der Waals surface area (Å²) < 4.78 is 18.0. The molecule has 0 radical (unpaired) electrons. The number of aryl methyl sites for hydroxylation is 2. The average Bonchev–Trinajstić information content (AvgIpc) is 2.72. The summed E-state index contributed by atoms with van der Waals surface area (Å²) in [6, 6.07) is 11.3. The number of carbonyl (C=O) groups is 2. The summed E-state index contributed by atoms with van der Waals surface area (Å²) in [6.45, 7) is 5.24. The maximum Gasteiger partial charge on any atom is 0.267 e. The Hall–Kier alpha value is -3.02. The van der Waals surface area contributed by atoms with Gasteiger partial charge in [-0.1, -0.05) is 18.2 Å². The quantitative estimate of drug-likeness (QED) is 0.724. The Balaban J connectivity index is 1.28. The Morgan fingerprint density at radius 2 is 1.80 bits per heavy atom. The number of likely N-dealkylation sites (tertiary alicyclic amines) is 1. The third-order valence-corrected chi connectivity index (χ3v) is 6.30. The number of ether oxygens (including phenoxy) is 3. The molecule has 6 nitrogen and oxygen atoms in total. The van der Waals surface area contributed by atoms with E-state index in [1.807, 2.05) is 50.2 Å². The van der Waals surface area contributed by atoms with Crippen LogP contribution in [0.1, 0.15) is 40.7 Å². The Bertz CT molecular complexity index is 1020. The van der Waals surface area contributed by atoms with Crippen molar-refractivity contribution in [2.24, 2.45) is 0 Å². The van der Waals surface area contributed by atoms with Gasteiger partial charge in [-0.15, -0.1) is 0 Å². The van der Waals surface area contributed by atoms with Crippen molar-refractivity contribution in [2.75, 3.05) is 19.7 Å². The lowest BCUT2D eigenvalue weighted by atomic mass is 9.81. The van der Waals surface area contributed by atoms with Crippen LogP contribution in [-0.4, -0.2) is 48.0 Å². The molecule has 3 aliphatic heterocycles. The number of hydrogen-bond acceptors (Lipinski definition) is 5. The lowest BCUT2D eigenvalue weighted by Crippen LogP contribution is -2.55. The first-order valence-electron chi connectivity index (χ1n) is 10.4. The van der Waals surface area contributed by atoms with E-state index in [1.54, 1.807) is 4.90 Å². The number of rotatable bonds is 1. The van der Waals surface area contributed by atoms with Crippen molar-refractivity contribution in [3.05, 3.63) is 53.1 Å². The highest BCUT2D eigenvalue weighted by Gasteiger charge is 2.45. The van der Waals surface area contributed by atoms with Gasteiger partial charge in [0.25, 0.3) is 5.91 Å². The van der Waals surface area contributed by atoms with Crippen LogP contribution >= 0.6 is 0 Å². The number of piperidine rings is 1. The second-order valence-electron chi connectivity index (χ2n) is 8.53. The summed E-state index contributed by atoms with van der Waals surface area (Å²) in [5.74, 6) is 2.00. The van der Waals surface area contributed by atoms with E-state index in [-0.39, 0.29) is 18.3 Å². The number of amides is 1. The Kier molecular flexibility index (Phi) is 4.45. The fourth-order valence-corrected chi connectivity index (χ4v) is 4.78. The zero-order valence-electron chi connectivity index (χ0n) is 17.3. The predicted octanol–water partition coefficient (Wildman–Crippen LogP) is 3.47. The van der Waals surface area contributed by atoms with Crippen LogP contribution in [0.2, 0.25) is 0 Å². The van der Waals surface area contributed by atoms with Crippen LogP contribution in [0.25, 0.3) is 0 Å². The van der Waals surface area contributed by atoms with Crippen molar-refractivity contribution in [3.8, 4) is 17.2 Å². The molecular formula is C24H25NO5. The number of para-hydroxylation sites is 2. The van der Waals surface area contributed by atoms with Crippen LogP contribution in [0.4, 0.5) is 0 Å². The topological polar surface area (TPSA) is 65.1 Å². The van der Waals surface area contributed by atoms with Crippen molar-refractivity contribution in [1.29, 1.82) is 0 Å². The van der Waals surface area contributed by atoms with Gasteiger partial charge in [-0.2, -0.15) is 0 Å². The number of ketones is 1. The number of nitrogens with zero attached hydrogens (tertiary/aromatic N) is 1. The van der Waals surface area contributed by atoms with Crippen molar-refractivity contribution >= 4 is 11.7 Å². The van der Waals surface area contributed by atoms with Crippen LogP contribution in [0.5, 0.6) is 17.2 Å². The molecule has 156 valence electrons. The minimum atomic E-state index is -0.645. The lowest BCUT2D eigenvalue weighted by molar-refractivity contribution is -0.144. The molecule has 1 unspecified atom stereocenters. The number of carbonyl (C=O) groups excluding carboxylic acids is 2. The van der Waals surface area contributed by atoms with E-state index < -0.39 is 11.7 Å². The zero-order chi connectivity index (χ0) is 20.9. The van der Waals surface area contributed by atoms with Crippen LogP contribution in [-0.2, 0) is 4.79 Å². The minimum Gasteiger partial charge on any atom is -0.486 e. The minimum absolute atomic E-state index is 0.0754. The highest BCUT2D eigenvalue weighted by Crippen LogP contribution is 2.41. The van der Waals surface area contributed by atoms with Crippen molar-refractivity contribution < 1.29 is 23.8 Å². The average molecular weight is 407 g/mol. The molecular weight excluding hydrogens is 382 g/mol. The molecule has 1 saturated heterocycles. The number of fused-ring (bicyclic) bond motifs is 2. The molecule has 0 saturated carbocycles. The summed E-state index contributed by atoms with van der Waals surface area (Å²) in [5, 5.41) is 0. The van der Waals surface area contributed by atoms with Gasteiger partial charge in [0.05, 0.1) is 12.0 Å². The van der Waals surface area contributed by atoms with Crippen molar-refractivity contribution in [3.63, 3.8) is 0 Å². The first kappa shape index (κ1) is 19.0. The van der Waals surface area contributed by atoms with E-state index in [1.165, 1.54) is 0 Å². The van der Waals surface area contributed by atoms with Gasteiger partial charge < -0.3 is 19.1 Å². The summed E-state index contributed by atoms with van der Waals surface area (Å²) >= 11 is 0. The molecule has 2 aromatic carbocycles. The van der Waals surface area contributed by atoms with Crippen LogP contribution < -0.4 is 14.2 Å². The fraction of sp³-hybridized carbons (Fsp3) is 0.417. The van der Waals surface area contributed by atoms with E-state index >= 15 is 0 Å². The van der Waals surface area contributed by atoms with Crippen LogP contribution in [0.3, 0.4) is 0 Å². The monoisotopic (exact) mass is 407 g/mol. The molecule has 1 amide bonds. The molecule has 6 heteroatoms. The van der Waals surface area contributed by atoms with Gasteiger partial charge in [0.2, 0.25) is 6.10 Å². The van der Waals surface area contributed by atoms with E-state index in [2.05, 4.69) is 0 Å². The maximum absolute atomic E-state index is 13.0. The third kappa shape index (κ3) is 3.20. The number of benzene rings is 2. The number of Topliss-reactive ketones (excluding diaryl/α,β-unsaturated/α-hetero) is 1. The maximum atomic E-state index is 13.0. The fourth-order valence-electron chi connectivity index (χ4n) is 4.78. The molecule has 1 atom stereocenters. The first-order valence-corrected chi connectivity index (χ1v) is 10.4. The smallest absolute Gasteiger partial charge is 0.267 e. The van der Waals surface area contributed by atoms with Gasteiger partial charge in [0.15, 0.2) is 17.3 Å². The first-order chi connectivity index (χ1) is 14.4. The summed E-state index contributed by atoms with van der Waals surface area (Å²) in [7, 11) is 0. The highest BCUT2D eigenvalue weighted by molar-refractivity contribution is 6.01. The van der Waals surface area contributed by atoms with E-state index in [0.29, 0.717) is 55.2 Å². The van der Waals surface area contributed by atoms with Crippen molar-refractivity contribution in [2.45, 2.75) is 44.8 Å². The van der Waals surface area contributed by atoms with Gasteiger partial charge in [-0.25, -0.2) is 0 Å². The molecule has 3 heterocycles. The largest absolute Gasteiger partial charge is 0.486 e. The molecule has 0 N–H and O–H groups in total.